The fourth-order valence-corrected chi connectivity index (χ4v) is 3.17. The number of hydrogen-bond donors (Lipinski definition) is 1. The highest BCUT2D eigenvalue weighted by atomic mass is 32.1. The fourth-order valence-electron chi connectivity index (χ4n) is 2.47. The van der Waals surface area contributed by atoms with Gasteiger partial charge in [0.15, 0.2) is 0 Å². The maximum Gasteiger partial charge on any atom is 0.223 e. The van der Waals surface area contributed by atoms with Gasteiger partial charge >= 0.3 is 0 Å². The van der Waals surface area contributed by atoms with Crippen LogP contribution in [0.1, 0.15) is 48.1 Å². The van der Waals surface area contributed by atoms with Crippen LogP contribution in [0.3, 0.4) is 0 Å². The lowest BCUT2D eigenvalue weighted by Crippen LogP contribution is -2.09. The van der Waals surface area contributed by atoms with E-state index in [1.165, 1.54) is 30.6 Å². The Balaban J connectivity index is 1.85. The summed E-state index contributed by atoms with van der Waals surface area (Å²) in [6, 6.07) is 4.14. The van der Waals surface area contributed by atoms with E-state index in [1.54, 1.807) is 11.3 Å². The molecule has 2 aromatic rings. The van der Waals surface area contributed by atoms with Gasteiger partial charge in [0.1, 0.15) is 11.6 Å². The molecule has 1 aliphatic carbocycles. The standard InChI is InChI=1S/C13H16N4S/c14-13-16-11(8-10-6-3-7-18-10)15-12(17-13)9-4-1-2-5-9/h3,6-7,9H,1-2,4-5,8H2,(H2,14,15,16,17). The zero-order valence-corrected chi connectivity index (χ0v) is 11.0. The molecular weight excluding hydrogens is 244 g/mol. The van der Waals surface area contributed by atoms with Crippen LogP contribution < -0.4 is 5.73 Å². The predicted octanol–water partition coefficient (Wildman–Crippen LogP) is 2.76. The first-order valence-electron chi connectivity index (χ1n) is 6.34. The summed E-state index contributed by atoms with van der Waals surface area (Å²) >= 11 is 1.72. The molecule has 1 fully saturated rings. The lowest BCUT2D eigenvalue weighted by molar-refractivity contribution is 0.654. The fraction of sp³-hybridized carbons (Fsp3) is 0.462. The molecule has 0 saturated heterocycles. The zero-order chi connectivity index (χ0) is 12.4. The molecule has 1 aliphatic rings. The summed E-state index contributed by atoms with van der Waals surface area (Å²) in [6.45, 7) is 0. The summed E-state index contributed by atoms with van der Waals surface area (Å²) in [5.74, 6) is 2.54. The van der Waals surface area contributed by atoms with E-state index in [-0.39, 0.29) is 0 Å². The second-order valence-electron chi connectivity index (χ2n) is 4.71. The molecule has 0 radical (unpaired) electrons. The van der Waals surface area contributed by atoms with Gasteiger partial charge in [-0.3, -0.25) is 0 Å². The van der Waals surface area contributed by atoms with E-state index < -0.39 is 0 Å². The third kappa shape index (κ3) is 2.51. The summed E-state index contributed by atoms with van der Waals surface area (Å²) in [7, 11) is 0. The minimum Gasteiger partial charge on any atom is -0.368 e. The Hall–Kier alpha value is -1.49. The third-order valence-electron chi connectivity index (χ3n) is 3.35. The molecule has 0 spiro atoms. The van der Waals surface area contributed by atoms with Crippen LogP contribution in [0.5, 0.6) is 0 Å². The molecule has 18 heavy (non-hydrogen) atoms. The molecule has 2 N–H and O–H groups in total. The van der Waals surface area contributed by atoms with Gasteiger partial charge in [-0.05, 0) is 24.3 Å². The highest BCUT2D eigenvalue weighted by Crippen LogP contribution is 2.32. The minimum absolute atomic E-state index is 0.360. The predicted molar refractivity (Wildman–Crippen MR) is 72.6 cm³/mol. The van der Waals surface area contributed by atoms with Crippen LogP contribution in [0.4, 0.5) is 5.95 Å². The van der Waals surface area contributed by atoms with E-state index in [2.05, 4.69) is 26.4 Å². The van der Waals surface area contributed by atoms with Crippen molar-refractivity contribution in [3.8, 4) is 0 Å². The SMILES string of the molecule is Nc1nc(Cc2cccs2)nc(C2CCCC2)n1. The van der Waals surface area contributed by atoms with Crippen LogP contribution >= 0.6 is 11.3 Å². The van der Waals surface area contributed by atoms with Crippen molar-refractivity contribution in [2.24, 2.45) is 0 Å². The summed E-state index contributed by atoms with van der Waals surface area (Å²) < 4.78 is 0. The second kappa shape index (κ2) is 5.02. The van der Waals surface area contributed by atoms with E-state index in [0.717, 1.165) is 18.1 Å². The largest absolute Gasteiger partial charge is 0.368 e. The first kappa shape index (κ1) is 11.6. The number of aromatic nitrogens is 3. The van der Waals surface area contributed by atoms with E-state index in [9.17, 15) is 0 Å². The highest BCUT2D eigenvalue weighted by molar-refractivity contribution is 7.09. The van der Waals surface area contributed by atoms with E-state index in [0.29, 0.717) is 11.9 Å². The monoisotopic (exact) mass is 260 g/mol. The van der Waals surface area contributed by atoms with Crippen LogP contribution in [-0.4, -0.2) is 15.0 Å². The van der Waals surface area contributed by atoms with Crippen molar-refractivity contribution in [2.75, 3.05) is 5.73 Å². The molecule has 4 nitrogen and oxygen atoms in total. The topological polar surface area (TPSA) is 64.7 Å². The van der Waals surface area contributed by atoms with E-state index >= 15 is 0 Å². The maximum absolute atomic E-state index is 5.80. The number of nitrogens with two attached hydrogens (primary N) is 1. The summed E-state index contributed by atoms with van der Waals surface area (Å²) in [6.07, 6.45) is 5.67. The summed E-state index contributed by atoms with van der Waals surface area (Å²) in [5.41, 5.74) is 5.80. The van der Waals surface area contributed by atoms with Crippen LogP contribution in [0.15, 0.2) is 17.5 Å². The van der Waals surface area contributed by atoms with Gasteiger partial charge < -0.3 is 5.73 Å². The Bertz CT molecular complexity index is 518. The van der Waals surface area contributed by atoms with Gasteiger partial charge in [0.05, 0.1) is 0 Å². The van der Waals surface area contributed by atoms with Crippen molar-refractivity contribution in [1.29, 1.82) is 0 Å². The minimum atomic E-state index is 0.360. The third-order valence-corrected chi connectivity index (χ3v) is 4.23. The molecule has 0 bridgehead atoms. The molecule has 0 atom stereocenters. The average Bonchev–Trinajstić information content (AvgIpc) is 3.00. The highest BCUT2D eigenvalue weighted by Gasteiger charge is 2.21. The smallest absolute Gasteiger partial charge is 0.223 e. The zero-order valence-electron chi connectivity index (χ0n) is 10.2. The number of nitrogens with zero attached hydrogens (tertiary/aromatic N) is 3. The van der Waals surface area contributed by atoms with Crippen molar-refractivity contribution >= 4 is 17.3 Å². The molecule has 3 rings (SSSR count). The summed E-state index contributed by atoms with van der Waals surface area (Å²) in [5, 5.41) is 2.07. The summed E-state index contributed by atoms with van der Waals surface area (Å²) in [4.78, 5) is 14.4. The Kier molecular flexibility index (Phi) is 3.23. The van der Waals surface area contributed by atoms with Crippen molar-refractivity contribution in [2.45, 2.75) is 38.0 Å². The lowest BCUT2D eigenvalue weighted by Gasteiger charge is -2.09. The maximum atomic E-state index is 5.80. The molecule has 0 unspecified atom stereocenters. The first-order chi connectivity index (χ1) is 8.81. The number of rotatable bonds is 3. The van der Waals surface area contributed by atoms with Gasteiger partial charge in [0.25, 0.3) is 0 Å². The number of anilines is 1. The van der Waals surface area contributed by atoms with Gasteiger partial charge in [0.2, 0.25) is 5.95 Å². The number of thiophene rings is 1. The van der Waals surface area contributed by atoms with Crippen molar-refractivity contribution in [1.82, 2.24) is 15.0 Å². The van der Waals surface area contributed by atoms with Crippen LogP contribution in [0, 0.1) is 0 Å². The van der Waals surface area contributed by atoms with Gasteiger partial charge in [-0.15, -0.1) is 11.3 Å². The molecule has 94 valence electrons. The molecular formula is C13H16N4S. The Morgan fingerprint density at radius 1 is 1.22 bits per heavy atom. The van der Waals surface area contributed by atoms with Gasteiger partial charge in [-0.25, -0.2) is 4.98 Å². The molecule has 0 aromatic carbocycles. The quantitative estimate of drug-likeness (QED) is 0.921. The van der Waals surface area contributed by atoms with Crippen LogP contribution in [0.25, 0.3) is 0 Å². The Morgan fingerprint density at radius 3 is 2.78 bits per heavy atom. The molecule has 2 aromatic heterocycles. The van der Waals surface area contributed by atoms with Gasteiger partial charge in [-0.2, -0.15) is 9.97 Å². The lowest BCUT2D eigenvalue weighted by atomic mass is 10.1. The molecule has 0 amide bonds. The molecule has 1 saturated carbocycles. The first-order valence-corrected chi connectivity index (χ1v) is 7.22. The molecule has 0 aliphatic heterocycles. The molecule has 5 heteroatoms. The Morgan fingerprint density at radius 2 is 2.06 bits per heavy atom. The van der Waals surface area contributed by atoms with Crippen LogP contribution in [-0.2, 0) is 6.42 Å². The number of nitrogen functional groups attached to an aromatic ring is 1. The second-order valence-corrected chi connectivity index (χ2v) is 5.74. The molecule has 2 heterocycles. The Labute approximate surface area is 110 Å². The van der Waals surface area contributed by atoms with E-state index in [1.807, 2.05) is 6.07 Å². The van der Waals surface area contributed by atoms with E-state index in [4.69, 9.17) is 5.73 Å². The average molecular weight is 260 g/mol. The van der Waals surface area contributed by atoms with Gasteiger partial charge in [-0.1, -0.05) is 18.9 Å². The van der Waals surface area contributed by atoms with Crippen molar-refractivity contribution in [3.05, 3.63) is 34.0 Å². The van der Waals surface area contributed by atoms with Crippen molar-refractivity contribution < 1.29 is 0 Å². The number of hydrogen-bond acceptors (Lipinski definition) is 5. The normalized spacial score (nSPS) is 16.2. The van der Waals surface area contributed by atoms with Crippen molar-refractivity contribution in [3.63, 3.8) is 0 Å². The van der Waals surface area contributed by atoms with Crippen LogP contribution in [0.2, 0.25) is 0 Å². The van der Waals surface area contributed by atoms with Gasteiger partial charge in [0, 0.05) is 17.2 Å².